The van der Waals surface area contributed by atoms with E-state index in [0.29, 0.717) is 28.7 Å². The molecule has 6 atom stereocenters. The van der Waals surface area contributed by atoms with Crippen molar-refractivity contribution in [1.82, 2.24) is 4.90 Å². The molecular formula is C36H31NO6. The van der Waals surface area contributed by atoms with Gasteiger partial charge in [0.15, 0.2) is 23.1 Å². The van der Waals surface area contributed by atoms with Crippen LogP contribution in [0.2, 0.25) is 0 Å². The average molecular weight is 574 g/mol. The second-order valence-corrected chi connectivity index (χ2v) is 12.0. The Bertz CT molecular complexity index is 1740. The number of amides is 2. The molecule has 1 N–H and O–H groups in total. The summed E-state index contributed by atoms with van der Waals surface area (Å²) in [5, 5.41) is 10.5. The largest absolute Gasteiger partial charge is 0.504 e. The Balaban J connectivity index is 1.53. The molecule has 1 aliphatic heterocycles. The smallest absolute Gasteiger partial charge is 0.233 e. The molecule has 0 radical (unpaired) electrons. The van der Waals surface area contributed by atoms with Crippen LogP contribution in [0, 0.1) is 23.7 Å². The molecule has 2 amide bonds. The summed E-state index contributed by atoms with van der Waals surface area (Å²) in [5.41, 5.74) is 2.00. The lowest BCUT2D eigenvalue weighted by Gasteiger charge is -2.55. The summed E-state index contributed by atoms with van der Waals surface area (Å²) >= 11 is 0. The minimum atomic E-state index is -1.31. The minimum Gasteiger partial charge on any atom is -0.504 e. The Kier molecular flexibility index (Phi) is 6.24. The highest BCUT2D eigenvalue weighted by Crippen LogP contribution is 2.63. The van der Waals surface area contributed by atoms with Crippen molar-refractivity contribution >= 4 is 29.0 Å². The quantitative estimate of drug-likeness (QED) is 0.354. The van der Waals surface area contributed by atoms with Gasteiger partial charge >= 0.3 is 0 Å². The average Bonchev–Trinajstić information content (AvgIpc) is 3.26. The lowest BCUT2D eigenvalue weighted by Crippen LogP contribution is -2.58. The zero-order chi connectivity index (χ0) is 30.0. The van der Waals surface area contributed by atoms with Gasteiger partial charge in [-0.1, -0.05) is 78.4 Å². The van der Waals surface area contributed by atoms with Crippen LogP contribution < -0.4 is 4.74 Å². The zero-order valence-corrected chi connectivity index (χ0v) is 23.9. The molecule has 1 heterocycles. The van der Waals surface area contributed by atoms with Crippen LogP contribution in [0.15, 0.2) is 96.6 Å². The summed E-state index contributed by atoms with van der Waals surface area (Å²) in [6.07, 6.45) is 4.15. The molecule has 7 rings (SSSR count). The summed E-state index contributed by atoms with van der Waals surface area (Å²) < 4.78 is 5.49. The van der Waals surface area contributed by atoms with Crippen LogP contribution in [0.3, 0.4) is 0 Å². The number of likely N-dealkylation sites (tertiary alicyclic amines) is 1. The summed E-state index contributed by atoms with van der Waals surface area (Å²) in [6, 6.07) is 23.6. The first kappa shape index (κ1) is 27.1. The van der Waals surface area contributed by atoms with Crippen molar-refractivity contribution in [2.75, 3.05) is 14.2 Å². The summed E-state index contributed by atoms with van der Waals surface area (Å²) in [5.74, 6) is -3.56. The van der Waals surface area contributed by atoms with E-state index in [9.17, 15) is 24.3 Å². The van der Waals surface area contributed by atoms with Crippen LogP contribution in [0.25, 0.3) is 5.57 Å². The fraction of sp³-hybridized carbons (Fsp3) is 0.278. The summed E-state index contributed by atoms with van der Waals surface area (Å²) in [7, 11) is 2.99. The highest BCUT2D eigenvalue weighted by molar-refractivity contribution is 6.31. The van der Waals surface area contributed by atoms with Crippen molar-refractivity contribution in [3.05, 3.63) is 113 Å². The molecule has 0 spiro atoms. The SMILES string of the molecule is COc1cc(C2C3=CCC4C(=O)N(C)C(=O)C4C3CC3C(=O)C(c4ccccc4)=CC(=O)C32c2ccccc2)ccc1O. The maximum Gasteiger partial charge on any atom is 0.233 e. The molecular weight excluding hydrogens is 542 g/mol. The number of ketones is 2. The van der Waals surface area contributed by atoms with Crippen LogP contribution in [0.4, 0.5) is 0 Å². The van der Waals surface area contributed by atoms with Gasteiger partial charge < -0.3 is 9.84 Å². The number of rotatable bonds is 4. The molecule has 7 heteroatoms. The number of methoxy groups -OCH3 is 1. The number of carbonyl (C=O) groups excluding carboxylic acids is 4. The van der Waals surface area contributed by atoms with E-state index in [1.54, 1.807) is 12.1 Å². The Morgan fingerprint density at radius 1 is 0.884 bits per heavy atom. The molecule has 6 unspecified atom stereocenters. The van der Waals surface area contributed by atoms with Gasteiger partial charge in [-0.15, -0.1) is 0 Å². The first-order valence-electron chi connectivity index (χ1n) is 14.6. The minimum absolute atomic E-state index is 0.0443. The number of carbonyl (C=O) groups is 4. The second-order valence-electron chi connectivity index (χ2n) is 12.0. The van der Waals surface area contributed by atoms with Crippen LogP contribution in [-0.2, 0) is 24.6 Å². The van der Waals surface area contributed by atoms with Gasteiger partial charge in [0.2, 0.25) is 11.8 Å². The molecule has 1 saturated heterocycles. The van der Waals surface area contributed by atoms with Gasteiger partial charge in [0.05, 0.1) is 24.4 Å². The van der Waals surface area contributed by atoms with Gasteiger partial charge in [-0.25, -0.2) is 0 Å². The van der Waals surface area contributed by atoms with Crippen molar-refractivity contribution < 1.29 is 29.0 Å². The second kappa shape index (κ2) is 9.90. The molecule has 4 aliphatic rings. The van der Waals surface area contributed by atoms with E-state index in [4.69, 9.17) is 4.74 Å². The van der Waals surface area contributed by atoms with Gasteiger partial charge in [0.1, 0.15) is 0 Å². The van der Waals surface area contributed by atoms with Crippen molar-refractivity contribution in [1.29, 1.82) is 0 Å². The molecule has 216 valence electrons. The van der Waals surface area contributed by atoms with Gasteiger partial charge in [-0.3, -0.25) is 24.1 Å². The Morgan fingerprint density at radius 2 is 1.58 bits per heavy atom. The van der Waals surface area contributed by atoms with Crippen LogP contribution >= 0.6 is 0 Å². The van der Waals surface area contributed by atoms with Gasteiger partial charge in [0.25, 0.3) is 0 Å². The maximum atomic E-state index is 14.9. The van der Waals surface area contributed by atoms with Gasteiger partial charge in [-0.2, -0.15) is 0 Å². The number of ether oxygens (including phenoxy) is 1. The predicted molar refractivity (Wildman–Crippen MR) is 159 cm³/mol. The lowest BCUT2D eigenvalue weighted by atomic mass is 9.44. The molecule has 0 bridgehead atoms. The molecule has 1 saturated carbocycles. The number of benzene rings is 3. The van der Waals surface area contributed by atoms with E-state index < -0.39 is 35.0 Å². The maximum absolute atomic E-state index is 14.9. The molecule has 3 aromatic rings. The van der Waals surface area contributed by atoms with Crippen molar-refractivity contribution in [2.45, 2.75) is 24.2 Å². The lowest BCUT2D eigenvalue weighted by molar-refractivity contribution is -0.139. The normalized spacial score (nSPS) is 29.8. The Labute approximate surface area is 249 Å². The third kappa shape index (κ3) is 3.73. The standard InChI is InChI=1S/C36H31NO6/c1-37-34(41)24-15-14-23-26(31(24)35(37)42)18-27-33(40)25(20-9-5-3-6-10-20)19-30(39)36(27,22-11-7-4-8-12-22)32(23)21-13-16-28(38)29(17-21)43-2/h3-14,16-17,19,24,26-27,31-32,38H,15,18H2,1-2H3. The number of aromatic hydroxyl groups is 1. The summed E-state index contributed by atoms with van der Waals surface area (Å²) in [4.78, 5) is 57.6. The first-order valence-corrected chi connectivity index (χ1v) is 14.6. The number of hydrogen-bond donors (Lipinski definition) is 1. The predicted octanol–water partition coefficient (Wildman–Crippen LogP) is 4.86. The molecule has 3 aromatic carbocycles. The molecule has 43 heavy (non-hydrogen) atoms. The van der Waals surface area contributed by atoms with Crippen LogP contribution in [0.5, 0.6) is 11.5 Å². The number of phenols is 1. The third-order valence-electron chi connectivity index (χ3n) is 10.1. The Hall–Kier alpha value is -4.78. The van der Waals surface area contributed by atoms with E-state index in [1.165, 1.54) is 31.2 Å². The van der Waals surface area contributed by atoms with E-state index in [-0.39, 0.29) is 41.3 Å². The molecule has 0 aromatic heterocycles. The molecule has 7 nitrogen and oxygen atoms in total. The topological polar surface area (TPSA) is 101 Å². The highest BCUT2D eigenvalue weighted by Gasteiger charge is 2.65. The fourth-order valence-corrected chi connectivity index (χ4v) is 8.28. The van der Waals surface area contributed by atoms with Crippen molar-refractivity contribution in [2.24, 2.45) is 23.7 Å². The van der Waals surface area contributed by atoms with E-state index in [0.717, 1.165) is 5.57 Å². The fourth-order valence-electron chi connectivity index (χ4n) is 8.28. The monoisotopic (exact) mass is 573 g/mol. The van der Waals surface area contributed by atoms with Crippen molar-refractivity contribution in [3.63, 3.8) is 0 Å². The van der Waals surface area contributed by atoms with Crippen molar-refractivity contribution in [3.8, 4) is 11.5 Å². The van der Waals surface area contributed by atoms with E-state index in [1.807, 2.05) is 66.7 Å². The third-order valence-corrected chi connectivity index (χ3v) is 10.1. The highest BCUT2D eigenvalue weighted by atomic mass is 16.5. The first-order chi connectivity index (χ1) is 20.8. The number of phenolic OH excluding ortho intramolecular Hbond substituents is 1. The molecule has 2 fully saturated rings. The number of Topliss-reactive ketones (excluding diaryl/α,β-unsaturated/α-hetero) is 1. The number of hydrogen-bond acceptors (Lipinski definition) is 6. The number of nitrogens with zero attached hydrogens (tertiary/aromatic N) is 1. The van der Waals surface area contributed by atoms with Gasteiger partial charge in [0, 0.05) is 24.5 Å². The molecule has 3 aliphatic carbocycles. The van der Waals surface area contributed by atoms with Crippen LogP contribution in [0.1, 0.15) is 35.4 Å². The summed E-state index contributed by atoms with van der Waals surface area (Å²) in [6.45, 7) is 0. The van der Waals surface area contributed by atoms with Gasteiger partial charge in [-0.05, 0) is 53.7 Å². The Morgan fingerprint density at radius 3 is 2.28 bits per heavy atom. The zero-order valence-electron chi connectivity index (χ0n) is 23.9. The van der Waals surface area contributed by atoms with E-state index in [2.05, 4.69) is 0 Å². The number of fused-ring (bicyclic) bond motifs is 4. The van der Waals surface area contributed by atoms with E-state index >= 15 is 0 Å². The van der Waals surface area contributed by atoms with Crippen LogP contribution in [-0.4, -0.2) is 47.5 Å². The number of imide groups is 1. The number of allylic oxidation sites excluding steroid dienone is 4.